The third-order valence-corrected chi connectivity index (χ3v) is 6.65. The van der Waals surface area contributed by atoms with Crippen LogP contribution in [0.5, 0.6) is 11.5 Å². The lowest BCUT2D eigenvalue weighted by atomic mass is 10.1. The number of hydrogen-bond acceptors (Lipinski definition) is 8. The molecule has 1 amide bonds. The van der Waals surface area contributed by atoms with Crippen LogP contribution in [-0.2, 0) is 4.79 Å². The van der Waals surface area contributed by atoms with E-state index in [9.17, 15) is 25.1 Å². The van der Waals surface area contributed by atoms with Gasteiger partial charge in [-0.2, -0.15) is 0 Å². The Labute approximate surface area is 218 Å². The summed E-state index contributed by atoms with van der Waals surface area (Å²) in [6.07, 6.45) is 0. The minimum Gasteiger partial charge on any atom is -0.507 e. The number of halogens is 1. The summed E-state index contributed by atoms with van der Waals surface area (Å²) < 4.78 is 2.53. The SMILES string of the molecule is Cc1ccc(-n2c(SCC(=O)Nc3ccc([N+](=O)[O-])cc3O)nnc2-c2cc(Br)ccc2O)c(C)c1. The van der Waals surface area contributed by atoms with Crippen LogP contribution in [0.1, 0.15) is 11.1 Å². The van der Waals surface area contributed by atoms with Gasteiger partial charge in [-0.1, -0.05) is 45.4 Å². The number of nitrogens with one attached hydrogen (secondary N) is 1. The quantitative estimate of drug-likeness (QED) is 0.117. The Bertz CT molecular complexity index is 1490. The molecule has 36 heavy (non-hydrogen) atoms. The second-order valence-electron chi connectivity index (χ2n) is 7.89. The van der Waals surface area contributed by atoms with Gasteiger partial charge in [0.15, 0.2) is 11.0 Å². The molecule has 0 unspecified atom stereocenters. The molecule has 3 aromatic carbocycles. The molecular weight excluding hydrogens is 550 g/mol. The van der Waals surface area contributed by atoms with Gasteiger partial charge in [0.2, 0.25) is 5.91 Å². The highest BCUT2D eigenvalue weighted by molar-refractivity contribution is 9.10. The smallest absolute Gasteiger partial charge is 0.273 e. The maximum Gasteiger partial charge on any atom is 0.273 e. The third kappa shape index (κ3) is 5.34. The minimum atomic E-state index is -0.637. The summed E-state index contributed by atoms with van der Waals surface area (Å²) in [6, 6.07) is 14.3. The lowest BCUT2D eigenvalue weighted by molar-refractivity contribution is -0.384. The lowest BCUT2D eigenvalue weighted by Gasteiger charge is -2.14. The number of hydrogen-bond donors (Lipinski definition) is 3. The van der Waals surface area contributed by atoms with Crippen molar-refractivity contribution in [2.45, 2.75) is 19.0 Å². The van der Waals surface area contributed by atoms with Crippen LogP contribution >= 0.6 is 27.7 Å². The molecule has 0 aliphatic heterocycles. The molecule has 184 valence electrons. The number of aromatic hydroxyl groups is 2. The highest BCUT2D eigenvalue weighted by atomic mass is 79.9. The minimum absolute atomic E-state index is 0.0274. The topological polar surface area (TPSA) is 143 Å². The number of nitro groups is 1. The Morgan fingerprint density at radius 1 is 1.08 bits per heavy atom. The van der Waals surface area contributed by atoms with E-state index in [1.807, 2.05) is 32.0 Å². The van der Waals surface area contributed by atoms with Crippen molar-refractivity contribution in [3.8, 4) is 28.6 Å². The largest absolute Gasteiger partial charge is 0.507 e. The highest BCUT2D eigenvalue weighted by Crippen LogP contribution is 2.36. The Morgan fingerprint density at radius 2 is 1.86 bits per heavy atom. The standard InChI is InChI=1S/C24H20BrN5O5S/c1-13-3-7-19(14(2)9-13)29-23(17-10-15(25)4-8-20(17)31)27-28-24(29)36-12-22(33)26-18-6-5-16(30(34)35)11-21(18)32/h3-11,31-32H,12H2,1-2H3,(H,26,33). The van der Waals surface area contributed by atoms with Crippen molar-refractivity contribution in [1.29, 1.82) is 0 Å². The summed E-state index contributed by atoms with van der Waals surface area (Å²) in [5, 5.41) is 42.9. The number of rotatable bonds is 7. The summed E-state index contributed by atoms with van der Waals surface area (Å²) >= 11 is 4.54. The molecule has 0 radical (unpaired) electrons. The van der Waals surface area contributed by atoms with Crippen molar-refractivity contribution < 1.29 is 19.9 Å². The van der Waals surface area contributed by atoms with Gasteiger partial charge in [0.25, 0.3) is 5.69 Å². The summed E-state index contributed by atoms with van der Waals surface area (Å²) in [7, 11) is 0. The molecule has 0 aliphatic carbocycles. The highest BCUT2D eigenvalue weighted by Gasteiger charge is 2.21. The molecule has 0 atom stereocenters. The van der Waals surface area contributed by atoms with E-state index in [0.717, 1.165) is 39.1 Å². The summed E-state index contributed by atoms with van der Waals surface area (Å²) in [6.45, 7) is 3.93. The van der Waals surface area contributed by atoms with Crippen molar-refractivity contribution in [1.82, 2.24) is 14.8 Å². The fourth-order valence-corrected chi connectivity index (χ4v) is 4.66. The first-order chi connectivity index (χ1) is 17.1. The first-order valence-corrected chi connectivity index (χ1v) is 12.3. The number of phenols is 2. The molecule has 1 heterocycles. The second-order valence-corrected chi connectivity index (χ2v) is 9.75. The number of amides is 1. The lowest BCUT2D eigenvalue weighted by Crippen LogP contribution is -2.15. The predicted octanol–water partition coefficient (Wildman–Crippen LogP) is 5.36. The molecular formula is C24H20BrN5O5S. The van der Waals surface area contributed by atoms with Crippen LogP contribution in [-0.4, -0.2) is 41.6 Å². The summed E-state index contributed by atoms with van der Waals surface area (Å²) in [5.74, 6) is -0.514. The Kier molecular flexibility index (Phi) is 7.27. The number of phenolic OH excluding ortho intramolecular Hbond substituents is 2. The molecule has 0 bridgehead atoms. The molecule has 10 nitrogen and oxygen atoms in total. The van der Waals surface area contributed by atoms with Crippen LogP contribution in [0, 0.1) is 24.0 Å². The van der Waals surface area contributed by atoms with Gasteiger partial charge in [-0.25, -0.2) is 0 Å². The summed E-state index contributed by atoms with van der Waals surface area (Å²) in [5.41, 5.74) is 3.05. The number of anilines is 1. The van der Waals surface area contributed by atoms with E-state index in [1.54, 1.807) is 22.8 Å². The van der Waals surface area contributed by atoms with Crippen molar-refractivity contribution in [2.24, 2.45) is 0 Å². The molecule has 4 aromatic rings. The first kappa shape index (κ1) is 25.2. The van der Waals surface area contributed by atoms with Crippen LogP contribution in [0.4, 0.5) is 11.4 Å². The average Bonchev–Trinajstić information content (AvgIpc) is 3.24. The molecule has 0 spiro atoms. The number of nitro benzene ring substituents is 1. The van der Waals surface area contributed by atoms with Gasteiger partial charge < -0.3 is 15.5 Å². The van der Waals surface area contributed by atoms with Crippen molar-refractivity contribution in [2.75, 3.05) is 11.1 Å². The molecule has 0 aliphatic rings. The van der Waals surface area contributed by atoms with Crippen molar-refractivity contribution in [3.05, 3.63) is 80.3 Å². The zero-order valence-corrected chi connectivity index (χ0v) is 21.5. The van der Waals surface area contributed by atoms with E-state index in [1.165, 1.54) is 12.1 Å². The van der Waals surface area contributed by atoms with E-state index in [2.05, 4.69) is 31.4 Å². The normalized spacial score (nSPS) is 10.9. The molecule has 4 rings (SSSR count). The maximum absolute atomic E-state index is 12.6. The number of carbonyl (C=O) groups is 1. The molecule has 1 aromatic heterocycles. The van der Waals surface area contributed by atoms with Gasteiger partial charge >= 0.3 is 0 Å². The number of thioether (sulfide) groups is 1. The van der Waals surface area contributed by atoms with Gasteiger partial charge in [-0.15, -0.1) is 10.2 Å². The Balaban J connectivity index is 1.64. The predicted molar refractivity (Wildman–Crippen MR) is 140 cm³/mol. The zero-order valence-electron chi connectivity index (χ0n) is 19.1. The fraction of sp³-hybridized carbons (Fsp3) is 0.125. The zero-order chi connectivity index (χ0) is 26.0. The van der Waals surface area contributed by atoms with E-state index >= 15 is 0 Å². The monoisotopic (exact) mass is 569 g/mol. The Morgan fingerprint density at radius 3 is 2.56 bits per heavy atom. The molecule has 12 heteroatoms. The van der Waals surface area contributed by atoms with Crippen molar-refractivity contribution >= 4 is 45.0 Å². The van der Waals surface area contributed by atoms with Crippen LogP contribution in [0.25, 0.3) is 17.1 Å². The van der Waals surface area contributed by atoms with Gasteiger partial charge in [-0.3, -0.25) is 19.5 Å². The van der Waals surface area contributed by atoms with E-state index < -0.39 is 16.6 Å². The van der Waals surface area contributed by atoms with Gasteiger partial charge in [0.1, 0.15) is 11.5 Å². The van der Waals surface area contributed by atoms with Gasteiger partial charge in [0.05, 0.1) is 33.7 Å². The first-order valence-electron chi connectivity index (χ1n) is 10.6. The maximum atomic E-state index is 12.6. The van der Waals surface area contributed by atoms with E-state index in [0.29, 0.717) is 16.5 Å². The van der Waals surface area contributed by atoms with E-state index in [4.69, 9.17) is 0 Å². The van der Waals surface area contributed by atoms with Crippen LogP contribution in [0.3, 0.4) is 0 Å². The van der Waals surface area contributed by atoms with Gasteiger partial charge in [0, 0.05) is 10.5 Å². The third-order valence-electron chi connectivity index (χ3n) is 5.22. The number of aromatic nitrogens is 3. The van der Waals surface area contributed by atoms with Crippen molar-refractivity contribution in [3.63, 3.8) is 0 Å². The number of aryl methyl sites for hydroxylation is 2. The molecule has 3 N–H and O–H groups in total. The number of nitrogens with zero attached hydrogens (tertiary/aromatic N) is 4. The summed E-state index contributed by atoms with van der Waals surface area (Å²) in [4.78, 5) is 22.8. The molecule has 0 saturated carbocycles. The fourth-order valence-electron chi connectivity index (χ4n) is 3.55. The number of benzene rings is 3. The second kappa shape index (κ2) is 10.4. The molecule has 0 fully saturated rings. The number of carbonyl (C=O) groups excluding carboxylic acids is 1. The van der Waals surface area contributed by atoms with Crippen LogP contribution in [0.15, 0.2) is 64.2 Å². The average molecular weight is 570 g/mol. The number of non-ortho nitro benzene ring substituents is 1. The van der Waals surface area contributed by atoms with E-state index in [-0.39, 0.29) is 22.9 Å². The van der Waals surface area contributed by atoms with Gasteiger partial charge in [-0.05, 0) is 49.7 Å². The molecule has 0 saturated heterocycles. The van der Waals surface area contributed by atoms with Crippen LogP contribution < -0.4 is 5.32 Å². The van der Waals surface area contributed by atoms with Crippen LogP contribution in [0.2, 0.25) is 0 Å². The Hall–Kier alpha value is -3.90.